The number of carbonyl (C=O) groups is 1. The first kappa shape index (κ1) is 18.0. The van der Waals surface area contributed by atoms with Gasteiger partial charge in [0, 0.05) is 0 Å². The molecule has 3 rings (SSSR count). The zero-order chi connectivity index (χ0) is 18.5. The lowest BCUT2D eigenvalue weighted by atomic mass is 10.1. The summed E-state index contributed by atoms with van der Waals surface area (Å²) in [5.74, 6) is 3.18. The molecule has 5 heteroatoms. The van der Waals surface area contributed by atoms with E-state index < -0.39 is 0 Å². The van der Waals surface area contributed by atoms with Crippen molar-refractivity contribution in [1.82, 2.24) is 4.57 Å². The maximum atomic E-state index is 12.3. The van der Waals surface area contributed by atoms with Crippen molar-refractivity contribution in [3.05, 3.63) is 58.4 Å². The zero-order valence-electron chi connectivity index (χ0n) is 14.9. The molecule has 0 aliphatic carbocycles. The Labute approximate surface area is 156 Å². The predicted octanol–water partition coefficient (Wildman–Crippen LogP) is 3.85. The molecule has 1 heterocycles. The summed E-state index contributed by atoms with van der Waals surface area (Å²) in [5, 5.41) is 0. The van der Waals surface area contributed by atoms with E-state index in [-0.39, 0.29) is 12.3 Å². The Hall–Kier alpha value is -2.84. The smallest absolute Gasteiger partial charge is 0.251 e. The maximum Gasteiger partial charge on any atom is 0.251 e. The third-order valence-corrected chi connectivity index (χ3v) is 5.14. The van der Waals surface area contributed by atoms with Gasteiger partial charge in [0.05, 0.1) is 29.8 Å². The van der Waals surface area contributed by atoms with E-state index in [0.29, 0.717) is 18.0 Å². The Kier molecular flexibility index (Phi) is 5.55. The Morgan fingerprint density at radius 2 is 1.96 bits per heavy atom. The van der Waals surface area contributed by atoms with Crippen LogP contribution in [0.1, 0.15) is 17.5 Å². The summed E-state index contributed by atoms with van der Waals surface area (Å²) >= 11 is 1.48. The molecule has 0 saturated heterocycles. The summed E-state index contributed by atoms with van der Waals surface area (Å²) in [6.45, 7) is 4.82. The van der Waals surface area contributed by atoms with E-state index in [4.69, 9.17) is 11.2 Å². The van der Waals surface area contributed by atoms with Gasteiger partial charge in [-0.25, -0.2) is 0 Å². The maximum absolute atomic E-state index is 12.3. The third-order valence-electron chi connectivity index (χ3n) is 4.10. The molecule has 3 aromatic rings. The van der Waals surface area contributed by atoms with Crippen LogP contribution in [0.5, 0.6) is 5.75 Å². The van der Waals surface area contributed by atoms with Gasteiger partial charge in [0.15, 0.2) is 4.80 Å². The Morgan fingerprint density at radius 1 is 1.23 bits per heavy atom. The molecule has 0 unspecified atom stereocenters. The molecule has 132 valence electrons. The minimum atomic E-state index is -0.216. The molecule has 0 N–H and O–H groups in total. The summed E-state index contributed by atoms with van der Waals surface area (Å²) in [6, 6.07) is 13.6. The van der Waals surface area contributed by atoms with Crippen molar-refractivity contribution in [3.8, 4) is 18.1 Å². The number of aryl methyl sites for hydroxylation is 2. The molecular weight excluding hydrogens is 344 g/mol. The Bertz CT molecular complexity index is 1040. The number of ether oxygens (including phenoxy) is 1. The van der Waals surface area contributed by atoms with Crippen molar-refractivity contribution in [2.45, 2.75) is 26.8 Å². The predicted molar refractivity (Wildman–Crippen MR) is 105 cm³/mol. The highest BCUT2D eigenvalue weighted by atomic mass is 32.1. The lowest BCUT2D eigenvalue weighted by Crippen LogP contribution is -2.17. The minimum absolute atomic E-state index is 0.216. The SMILES string of the molecule is C#CCn1c(=NC(=O)CCOc2ccccc2)sc2cc(C)c(C)cc21. The third kappa shape index (κ3) is 4.04. The van der Waals surface area contributed by atoms with E-state index in [1.807, 2.05) is 34.9 Å². The van der Waals surface area contributed by atoms with E-state index in [9.17, 15) is 4.79 Å². The van der Waals surface area contributed by atoms with Gasteiger partial charge >= 0.3 is 0 Å². The molecule has 0 fully saturated rings. The van der Waals surface area contributed by atoms with Gasteiger partial charge in [-0.2, -0.15) is 4.99 Å². The van der Waals surface area contributed by atoms with E-state index in [2.05, 4.69) is 36.9 Å². The number of hydrogen-bond donors (Lipinski definition) is 0. The lowest BCUT2D eigenvalue weighted by Gasteiger charge is -2.04. The lowest BCUT2D eigenvalue weighted by molar-refractivity contribution is -0.118. The van der Waals surface area contributed by atoms with E-state index in [1.165, 1.54) is 22.5 Å². The Morgan fingerprint density at radius 3 is 2.69 bits per heavy atom. The van der Waals surface area contributed by atoms with Crippen LogP contribution in [-0.4, -0.2) is 17.1 Å². The first-order valence-electron chi connectivity index (χ1n) is 8.38. The van der Waals surface area contributed by atoms with Crippen molar-refractivity contribution in [3.63, 3.8) is 0 Å². The topological polar surface area (TPSA) is 43.6 Å². The molecular formula is C21H20N2O2S. The van der Waals surface area contributed by atoms with Crippen molar-refractivity contribution < 1.29 is 9.53 Å². The molecule has 0 atom stereocenters. The second-order valence-corrected chi connectivity index (χ2v) is 7.01. The number of carbonyl (C=O) groups excluding carboxylic acids is 1. The molecule has 4 nitrogen and oxygen atoms in total. The normalized spacial score (nSPS) is 11.5. The number of aromatic nitrogens is 1. The molecule has 0 spiro atoms. The number of nitrogens with zero attached hydrogens (tertiary/aromatic N) is 2. The van der Waals surface area contributed by atoms with Gasteiger partial charge in [-0.05, 0) is 49.2 Å². The highest BCUT2D eigenvalue weighted by molar-refractivity contribution is 7.16. The van der Waals surface area contributed by atoms with Crippen molar-refractivity contribution in [2.75, 3.05) is 6.61 Å². The molecule has 0 aliphatic rings. The van der Waals surface area contributed by atoms with Gasteiger partial charge in [0.2, 0.25) is 0 Å². The van der Waals surface area contributed by atoms with Crippen molar-refractivity contribution in [1.29, 1.82) is 0 Å². The van der Waals surface area contributed by atoms with Crippen molar-refractivity contribution in [2.24, 2.45) is 4.99 Å². The summed E-state index contributed by atoms with van der Waals surface area (Å²) in [4.78, 5) is 17.2. The first-order valence-corrected chi connectivity index (χ1v) is 9.19. The van der Waals surface area contributed by atoms with Gasteiger partial charge < -0.3 is 9.30 Å². The highest BCUT2D eigenvalue weighted by Gasteiger charge is 2.09. The zero-order valence-corrected chi connectivity index (χ0v) is 15.7. The molecule has 0 aliphatic heterocycles. The summed E-state index contributed by atoms with van der Waals surface area (Å²) in [7, 11) is 0. The largest absolute Gasteiger partial charge is 0.493 e. The standard InChI is InChI=1S/C21H20N2O2S/c1-4-11-23-18-13-15(2)16(3)14-19(18)26-21(23)22-20(24)10-12-25-17-8-6-5-7-9-17/h1,5-9,13-14H,10-12H2,2-3H3. The van der Waals surface area contributed by atoms with E-state index in [0.717, 1.165) is 16.0 Å². The van der Waals surface area contributed by atoms with Gasteiger partial charge in [0.1, 0.15) is 5.75 Å². The first-order chi connectivity index (χ1) is 12.6. The van der Waals surface area contributed by atoms with Crippen LogP contribution < -0.4 is 9.54 Å². The molecule has 1 amide bonds. The van der Waals surface area contributed by atoms with Crippen LogP contribution in [-0.2, 0) is 11.3 Å². The highest BCUT2D eigenvalue weighted by Crippen LogP contribution is 2.22. The van der Waals surface area contributed by atoms with Crippen molar-refractivity contribution >= 4 is 27.5 Å². The second kappa shape index (κ2) is 8.03. The summed E-state index contributed by atoms with van der Waals surface area (Å²) < 4.78 is 8.56. The number of amides is 1. The molecule has 2 aromatic carbocycles. The second-order valence-electron chi connectivity index (χ2n) is 6.00. The monoisotopic (exact) mass is 364 g/mol. The van der Waals surface area contributed by atoms with Crippen LogP contribution in [0.2, 0.25) is 0 Å². The van der Waals surface area contributed by atoms with E-state index >= 15 is 0 Å². The number of rotatable bonds is 5. The molecule has 1 aromatic heterocycles. The number of hydrogen-bond acceptors (Lipinski definition) is 3. The average molecular weight is 364 g/mol. The number of fused-ring (bicyclic) bond motifs is 1. The molecule has 0 radical (unpaired) electrons. The Balaban J connectivity index is 1.82. The number of thiazole rings is 1. The van der Waals surface area contributed by atoms with Crippen LogP contribution in [0.15, 0.2) is 47.5 Å². The fourth-order valence-electron chi connectivity index (χ4n) is 2.59. The number of para-hydroxylation sites is 1. The minimum Gasteiger partial charge on any atom is -0.493 e. The van der Waals surface area contributed by atoms with Gasteiger partial charge in [-0.3, -0.25) is 4.79 Å². The van der Waals surface area contributed by atoms with Crippen LogP contribution in [0.3, 0.4) is 0 Å². The molecule has 0 saturated carbocycles. The van der Waals surface area contributed by atoms with Crippen LogP contribution in [0.25, 0.3) is 10.2 Å². The quantitative estimate of drug-likeness (QED) is 0.646. The number of benzene rings is 2. The van der Waals surface area contributed by atoms with Gasteiger partial charge in [-0.15, -0.1) is 6.42 Å². The molecule has 26 heavy (non-hydrogen) atoms. The fourth-order valence-corrected chi connectivity index (χ4v) is 3.71. The summed E-state index contributed by atoms with van der Waals surface area (Å²) in [6.07, 6.45) is 5.73. The van der Waals surface area contributed by atoms with Gasteiger partial charge in [0.25, 0.3) is 5.91 Å². The molecule has 0 bridgehead atoms. The summed E-state index contributed by atoms with van der Waals surface area (Å²) in [5.41, 5.74) is 3.42. The number of terminal acetylenes is 1. The fraction of sp³-hybridized carbons (Fsp3) is 0.238. The van der Waals surface area contributed by atoms with Gasteiger partial charge in [-0.1, -0.05) is 35.5 Å². The average Bonchev–Trinajstić information content (AvgIpc) is 2.93. The van der Waals surface area contributed by atoms with Crippen LogP contribution >= 0.6 is 11.3 Å². The van der Waals surface area contributed by atoms with E-state index in [1.54, 1.807) is 0 Å². The van der Waals surface area contributed by atoms with Crippen LogP contribution in [0.4, 0.5) is 0 Å². The van der Waals surface area contributed by atoms with Crippen LogP contribution in [0, 0.1) is 26.2 Å².